The van der Waals surface area contributed by atoms with Crippen LogP contribution in [0.5, 0.6) is 5.88 Å². The summed E-state index contributed by atoms with van der Waals surface area (Å²) in [5, 5.41) is 8.93. The van der Waals surface area contributed by atoms with E-state index in [9.17, 15) is 13.2 Å². The second-order valence-electron chi connectivity index (χ2n) is 8.99. The Kier molecular flexibility index (Phi) is 6.19. The van der Waals surface area contributed by atoms with Crippen LogP contribution in [0.1, 0.15) is 46.0 Å². The summed E-state index contributed by atoms with van der Waals surface area (Å²) in [5.41, 5.74) is 4.03. The van der Waals surface area contributed by atoms with E-state index >= 15 is 0 Å². The summed E-state index contributed by atoms with van der Waals surface area (Å²) in [6, 6.07) is 11.5. The fourth-order valence-electron chi connectivity index (χ4n) is 4.48. The minimum atomic E-state index is -4.40. The highest BCUT2D eigenvalue weighted by Crippen LogP contribution is 2.32. The van der Waals surface area contributed by atoms with Gasteiger partial charge in [0, 0.05) is 24.4 Å². The quantitative estimate of drug-likeness (QED) is 0.340. The van der Waals surface area contributed by atoms with E-state index < -0.39 is 11.7 Å². The van der Waals surface area contributed by atoms with Crippen LogP contribution in [0.25, 0.3) is 10.9 Å². The molecule has 35 heavy (non-hydrogen) atoms. The lowest BCUT2D eigenvalue weighted by atomic mass is 10.0. The lowest BCUT2D eigenvalue weighted by Gasteiger charge is -2.18. The summed E-state index contributed by atoms with van der Waals surface area (Å²) in [5.74, 6) is 1.41. The van der Waals surface area contributed by atoms with E-state index in [-0.39, 0.29) is 6.61 Å². The van der Waals surface area contributed by atoms with E-state index in [1.807, 2.05) is 11.9 Å². The van der Waals surface area contributed by atoms with E-state index in [1.54, 1.807) is 13.0 Å². The van der Waals surface area contributed by atoms with Crippen molar-refractivity contribution in [2.75, 3.05) is 7.05 Å². The van der Waals surface area contributed by atoms with Crippen molar-refractivity contribution in [2.24, 2.45) is 0 Å². The molecule has 0 aliphatic heterocycles. The molecule has 1 aliphatic carbocycles. The van der Waals surface area contributed by atoms with Crippen LogP contribution in [-0.4, -0.2) is 27.1 Å². The number of nitrogens with zero attached hydrogens (tertiary/aromatic N) is 4. The van der Waals surface area contributed by atoms with Gasteiger partial charge in [0.1, 0.15) is 6.61 Å². The number of benzene rings is 2. The number of ether oxygens (including phenoxy) is 1. The van der Waals surface area contributed by atoms with E-state index in [4.69, 9.17) is 14.1 Å². The molecule has 0 spiro atoms. The van der Waals surface area contributed by atoms with Gasteiger partial charge in [0.05, 0.1) is 17.6 Å². The molecule has 0 fully saturated rings. The highest BCUT2D eigenvalue weighted by atomic mass is 19.4. The van der Waals surface area contributed by atoms with Crippen LogP contribution in [0.2, 0.25) is 0 Å². The first-order chi connectivity index (χ1) is 16.7. The van der Waals surface area contributed by atoms with Crippen LogP contribution in [0.15, 0.2) is 46.9 Å². The van der Waals surface area contributed by atoms with Crippen molar-refractivity contribution in [3.05, 3.63) is 82.1 Å². The van der Waals surface area contributed by atoms with Gasteiger partial charge in [0.15, 0.2) is 0 Å². The molecule has 0 saturated heterocycles. The molecule has 2 aromatic heterocycles. The van der Waals surface area contributed by atoms with Crippen molar-refractivity contribution in [3.63, 3.8) is 0 Å². The predicted molar refractivity (Wildman–Crippen MR) is 124 cm³/mol. The minimum Gasteiger partial charge on any atom is -0.473 e. The van der Waals surface area contributed by atoms with Crippen molar-refractivity contribution in [3.8, 4) is 5.88 Å². The Labute approximate surface area is 200 Å². The average Bonchev–Trinajstić information content (AvgIpc) is 3.43. The first kappa shape index (κ1) is 23.3. The molecule has 0 amide bonds. The average molecular weight is 483 g/mol. The van der Waals surface area contributed by atoms with Gasteiger partial charge < -0.3 is 9.15 Å². The number of hydrogen-bond acceptors (Lipinski definition) is 6. The Bertz CT molecular complexity index is 1370. The minimum absolute atomic E-state index is 0.0209. The van der Waals surface area contributed by atoms with Crippen molar-refractivity contribution in [2.45, 2.75) is 52.1 Å². The molecule has 2 heterocycles. The predicted octanol–water partition coefficient (Wildman–Crippen LogP) is 5.64. The topological polar surface area (TPSA) is 64.3 Å². The van der Waals surface area contributed by atoms with Crippen molar-refractivity contribution < 1.29 is 22.3 Å². The summed E-state index contributed by atoms with van der Waals surface area (Å²) in [6.45, 7) is 2.64. The molecule has 5 rings (SSSR count). The number of halogens is 3. The molecule has 0 radical (unpaired) electrons. The Morgan fingerprint density at radius 2 is 1.83 bits per heavy atom. The number of hydrogen-bond donors (Lipinski definition) is 0. The molecule has 9 heteroatoms. The number of aromatic nitrogens is 3. The number of rotatable bonds is 7. The van der Waals surface area contributed by atoms with Gasteiger partial charge >= 0.3 is 6.18 Å². The maximum atomic E-state index is 13.1. The second kappa shape index (κ2) is 9.30. The molecule has 0 atom stereocenters. The van der Waals surface area contributed by atoms with Gasteiger partial charge in [-0.15, -0.1) is 10.2 Å². The smallest absolute Gasteiger partial charge is 0.416 e. The van der Waals surface area contributed by atoms with Crippen molar-refractivity contribution >= 4 is 10.9 Å². The fraction of sp³-hybridized carbons (Fsp3) is 0.346. The highest BCUT2D eigenvalue weighted by Gasteiger charge is 2.30. The lowest BCUT2D eigenvalue weighted by Crippen LogP contribution is -2.18. The van der Waals surface area contributed by atoms with Crippen LogP contribution in [0.4, 0.5) is 13.2 Å². The number of fused-ring (bicyclic) bond motifs is 2. The largest absolute Gasteiger partial charge is 0.473 e. The third-order valence-corrected chi connectivity index (χ3v) is 6.11. The Morgan fingerprint density at radius 1 is 1.03 bits per heavy atom. The van der Waals surface area contributed by atoms with Gasteiger partial charge in [-0.1, -0.05) is 12.1 Å². The fourth-order valence-corrected chi connectivity index (χ4v) is 4.48. The molecule has 0 unspecified atom stereocenters. The first-order valence-corrected chi connectivity index (χ1v) is 11.5. The molecular weight excluding hydrogens is 457 g/mol. The molecule has 4 aromatic rings. The van der Waals surface area contributed by atoms with E-state index in [2.05, 4.69) is 28.4 Å². The van der Waals surface area contributed by atoms with Crippen LogP contribution in [-0.2, 0) is 38.7 Å². The number of aryl methyl sites for hydroxylation is 3. The van der Waals surface area contributed by atoms with E-state index in [1.165, 1.54) is 17.2 Å². The highest BCUT2D eigenvalue weighted by molar-refractivity contribution is 5.82. The Hall–Kier alpha value is -3.46. The monoisotopic (exact) mass is 482 g/mol. The van der Waals surface area contributed by atoms with Crippen LogP contribution < -0.4 is 4.74 Å². The lowest BCUT2D eigenvalue weighted by molar-refractivity contribution is -0.137. The molecule has 1 aliphatic rings. The van der Waals surface area contributed by atoms with Crippen molar-refractivity contribution in [1.29, 1.82) is 0 Å². The second-order valence-corrected chi connectivity index (χ2v) is 8.99. The normalized spacial score (nSPS) is 13.5. The molecular formula is C26H25F3N4O2. The Balaban J connectivity index is 1.43. The molecule has 2 aromatic carbocycles. The van der Waals surface area contributed by atoms with Gasteiger partial charge in [-0.05, 0) is 73.3 Å². The van der Waals surface area contributed by atoms with Gasteiger partial charge in [-0.3, -0.25) is 4.90 Å². The van der Waals surface area contributed by atoms with Crippen LogP contribution >= 0.6 is 0 Å². The number of alkyl halides is 3. The van der Waals surface area contributed by atoms with Crippen LogP contribution in [0.3, 0.4) is 0 Å². The zero-order chi connectivity index (χ0) is 24.6. The van der Waals surface area contributed by atoms with E-state index in [0.29, 0.717) is 36.3 Å². The van der Waals surface area contributed by atoms with Gasteiger partial charge in [0.25, 0.3) is 0 Å². The van der Waals surface area contributed by atoms with E-state index in [0.717, 1.165) is 47.9 Å². The Morgan fingerprint density at radius 3 is 2.57 bits per heavy atom. The molecule has 0 saturated carbocycles. The molecule has 182 valence electrons. The van der Waals surface area contributed by atoms with Gasteiger partial charge in [-0.2, -0.15) is 13.2 Å². The third-order valence-electron chi connectivity index (χ3n) is 6.11. The van der Waals surface area contributed by atoms with Gasteiger partial charge in [-0.25, -0.2) is 4.98 Å². The van der Waals surface area contributed by atoms with Crippen molar-refractivity contribution in [1.82, 2.24) is 20.1 Å². The maximum absolute atomic E-state index is 13.1. The molecule has 6 nitrogen and oxygen atoms in total. The molecule has 0 N–H and O–H groups in total. The molecule has 0 bridgehead atoms. The zero-order valence-electron chi connectivity index (χ0n) is 19.5. The zero-order valence-corrected chi connectivity index (χ0v) is 19.5. The summed E-state index contributed by atoms with van der Waals surface area (Å²) >= 11 is 0. The first-order valence-electron chi connectivity index (χ1n) is 11.5. The maximum Gasteiger partial charge on any atom is 0.416 e. The van der Waals surface area contributed by atoms with Crippen LogP contribution in [0, 0.1) is 6.92 Å². The third kappa shape index (κ3) is 5.30. The summed E-state index contributed by atoms with van der Waals surface area (Å²) < 4.78 is 50.9. The number of pyridine rings is 1. The summed E-state index contributed by atoms with van der Waals surface area (Å²) in [4.78, 5) is 6.78. The van der Waals surface area contributed by atoms with Gasteiger partial charge in [0.2, 0.25) is 17.7 Å². The summed E-state index contributed by atoms with van der Waals surface area (Å²) in [6.07, 6.45) is -1.19. The summed E-state index contributed by atoms with van der Waals surface area (Å²) in [7, 11) is 1.92. The standard InChI is InChI=1S/C26H25F3N4O2/c1-16-31-32-24(35-16)14-33(2)13-21-11-20-10-18-6-4-7-19(18)12-23(20)30-25(21)34-15-17-5-3-8-22(9-17)26(27,28)29/h3,5,8-12H,4,6-7,13-15H2,1-2H3. The SMILES string of the molecule is Cc1nnc(CN(C)Cc2cc3cc4c(cc3nc2OCc2cccc(C(F)(F)F)c2)CCC4)o1.